The minimum absolute atomic E-state index is 0.0750. The highest BCUT2D eigenvalue weighted by molar-refractivity contribution is 8.00. The fourth-order valence-electron chi connectivity index (χ4n) is 3.97. The average molecular weight is 432 g/mol. The monoisotopic (exact) mass is 431 g/mol. The van der Waals surface area contributed by atoms with E-state index in [1.807, 2.05) is 47.4 Å². The van der Waals surface area contributed by atoms with Crippen LogP contribution in [-0.4, -0.2) is 49.2 Å². The summed E-state index contributed by atoms with van der Waals surface area (Å²) in [5.74, 6) is 1.07. The van der Waals surface area contributed by atoms with Gasteiger partial charge in [0, 0.05) is 24.0 Å². The van der Waals surface area contributed by atoms with Gasteiger partial charge < -0.3 is 14.4 Å². The highest BCUT2D eigenvalue weighted by atomic mass is 35.5. The zero-order chi connectivity index (χ0) is 20.1. The number of thioether (sulfide) groups is 1. The molecule has 1 atom stereocenters. The molecular weight excluding hydrogens is 406 g/mol. The largest absolute Gasteiger partial charge is 0.350 e. The second-order valence-electron chi connectivity index (χ2n) is 7.48. The van der Waals surface area contributed by atoms with Crippen LogP contribution in [0.3, 0.4) is 0 Å². The maximum Gasteiger partial charge on any atom is 0.232 e. The molecule has 0 aromatic heterocycles. The molecule has 0 spiro atoms. The van der Waals surface area contributed by atoms with Crippen molar-refractivity contribution in [3.63, 3.8) is 0 Å². The molecule has 154 valence electrons. The summed E-state index contributed by atoms with van der Waals surface area (Å²) in [6.07, 6.45) is 1.81. The van der Waals surface area contributed by atoms with Crippen LogP contribution in [0.2, 0.25) is 5.02 Å². The molecule has 2 fully saturated rings. The molecule has 2 aromatic carbocycles. The highest BCUT2D eigenvalue weighted by Gasteiger charge is 2.32. The third-order valence-electron chi connectivity index (χ3n) is 5.57. The Morgan fingerprint density at radius 1 is 1.00 bits per heavy atom. The van der Waals surface area contributed by atoms with Crippen molar-refractivity contribution in [2.75, 3.05) is 32.1 Å². The lowest BCUT2D eigenvalue weighted by atomic mass is 9.96. The molecule has 4 nitrogen and oxygen atoms in total. The summed E-state index contributed by atoms with van der Waals surface area (Å²) in [4.78, 5) is 14.9. The lowest BCUT2D eigenvalue weighted by Crippen LogP contribution is -2.42. The number of carbonyl (C=O) groups is 1. The molecule has 1 unspecified atom stereocenters. The van der Waals surface area contributed by atoms with E-state index in [4.69, 9.17) is 21.1 Å². The first kappa shape index (κ1) is 20.7. The van der Waals surface area contributed by atoms with Crippen molar-refractivity contribution in [1.29, 1.82) is 0 Å². The minimum atomic E-state index is -0.0750. The number of ether oxygens (including phenoxy) is 2. The third kappa shape index (κ3) is 5.34. The Morgan fingerprint density at radius 3 is 2.28 bits per heavy atom. The minimum Gasteiger partial charge on any atom is -0.350 e. The molecule has 2 aliphatic rings. The number of rotatable bonds is 6. The van der Waals surface area contributed by atoms with Crippen molar-refractivity contribution in [3.8, 4) is 0 Å². The summed E-state index contributed by atoms with van der Waals surface area (Å²) < 4.78 is 11.3. The first-order chi connectivity index (χ1) is 14.2. The Balaban J connectivity index is 1.36. The summed E-state index contributed by atoms with van der Waals surface area (Å²) in [5, 5.41) is 0.829. The summed E-state index contributed by atoms with van der Waals surface area (Å²) >= 11 is 7.74. The number of nitrogens with zero attached hydrogens (tertiary/aromatic N) is 1. The van der Waals surface area contributed by atoms with Gasteiger partial charge >= 0.3 is 0 Å². The van der Waals surface area contributed by atoms with Crippen LogP contribution in [-0.2, 0) is 14.3 Å². The lowest BCUT2D eigenvalue weighted by molar-refractivity contribution is -0.134. The number of hydrogen-bond acceptors (Lipinski definition) is 4. The fraction of sp³-hybridized carbons (Fsp3) is 0.435. The molecule has 4 rings (SSSR count). The molecule has 0 radical (unpaired) electrons. The number of halogens is 1. The van der Waals surface area contributed by atoms with Crippen LogP contribution in [0.5, 0.6) is 0 Å². The van der Waals surface area contributed by atoms with Gasteiger partial charge in [-0.25, -0.2) is 0 Å². The van der Waals surface area contributed by atoms with Gasteiger partial charge in [-0.15, -0.1) is 11.8 Å². The van der Waals surface area contributed by atoms with Crippen LogP contribution in [0.4, 0.5) is 0 Å². The van der Waals surface area contributed by atoms with Gasteiger partial charge in [0.05, 0.1) is 24.2 Å². The number of carbonyl (C=O) groups excluding carboxylic acids is 1. The normalized spacial score (nSPS) is 19.4. The average Bonchev–Trinajstić information content (AvgIpc) is 3.31. The Hall–Kier alpha value is -1.53. The van der Waals surface area contributed by atoms with Crippen LogP contribution in [0, 0.1) is 5.92 Å². The second kappa shape index (κ2) is 9.98. The van der Waals surface area contributed by atoms with E-state index < -0.39 is 0 Å². The van der Waals surface area contributed by atoms with Crippen LogP contribution in [0.15, 0.2) is 54.6 Å². The summed E-state index contributed by atoms with van der Waals surface area (Å²) in [6, 6.07) is 18.2. The van der Waals surface area contributed by atoms with E-state index in [-0.39, 0.29) is 17.4 Å². The topological polar surface area (TPSA) is 38.8 Å². The first-order valence-electron chi connectivity index (χ1n) is 10.1. The van der Waals surface area contributed by atoms with Gasteiger partial charge in [-0.2, -0.15) is 0 Å². The quantitative estimate of drug-likeness (QED) is 0.660. The van der Waals surface area contributed by atoms with E-state index in [2.05, 4.69) is 12.1 Å². The molecule has 2 saturated heterocycles. The molecule has 0 aliphatic carbocycles. The predicted molar refractivity (Wildman–Crippen MR) is 117 cm³/mol. The van der Waals surface area contributed by atoms with Crippen LogP contribution in [0.1, 0.15) is 29.2 Å². The summed E-state index contributed by atoms with van der Waals surface area (Å²) in [7, 11) is 0. The zero-order valence-electron chi connectivity index (χ0n) is 16.3. The number of hydrogen-bond donors (Lipinski definition) is 0. The second-order valence-corrected chi connectivity index (χ2v) is 9.01. The van der Waals surface area contributed by atoms with Gasteiger partial charge in [0.2, 0.25) is 5.91 Å². The van der Waals surface area contributed by atoms with Gasteiger partial charge in [0.1, 0.15) is 0 Å². The predicted octanol–water partition coefficient (Wildman–Crippen LogP) is 4.77. The Bertz CT molecular complexity index is 788. The first-order valence-corrected chi connectivity index (χ1v) is 11.6. The Morgan fingerprint density at radius 2 is 1.62 bits per heavy atom. The summed E-state index contributed by atoms with van der Waals surface area (Å²) in [5.41, 5.74) is 2.36. The van der Waals surface area contributed by atoms with Crippen LogP contribution < -0.4 is 0 Å². The van der Waals surface area contributed by atoms with Gasteiger partial charge in [-0.05, 0) is 36.1 Å². The number of likely N-dealkylation sites (tertiary alicyclic amines) is 1. The summed E-state index contributed by atoms with van der Waals surface area (Å²) in [6.45, 7) is 2.94. The lowest BCUT2D eigenvalue weighted by Gasteiger charge is -2.34. The Kier molecular flexibility index (Phi) is 7.14. The smallest absolute Gasteiger partial charge is 0.232 e. The van der Waals surface area contributed by atoms with Gasteiger partial charge in [0.25, 0.3) is 0 Å². The van der Waals surface area contributed by atoms with Crippen molar-refractivity contribution < 1.29 is 14.3 Å². The van der Waals surface area contributed by atoms with Crippen LogP contribution in [0.25, 0.3) is 0 Å². The van der Waals surface area contributed by atoms with Crippen molar-refractivity contribution in [2.24, 2.45) is 5.92 Å². The van der Waals surface area contributed by atoms with E-state index in [1.54, 1.807) is 11.8 Å². The number of benzene rings is 2. The molecule has 2 aromatic rings. The molecule has 29 heavy (non-hydrogen) atoms. The zero-order valence-corrected chi connectivity index (χ0v) is 17.9. The standard InChI is InChI=1S/C23H26ClNO3S/c24-20-8-6-18(7-9-20)22(17-4-2-1-3-5-17)29-16-21(26)25-12-10-19(11-13-25)23-27-14-15-28-23/h1-9,19,22-23H,10-16H2. The number of piperidine rings is 1. The molecule has 6 heteroatoms. The molecule has 2 aliphatic heterocycles. The molecule has 0 N–H and O–H groups in total. The SMILES string of the molecule is O=C(CSC(c1ccccc1)c1ccc(Cl)cc1)N1CCC(C2OCCO2)CC1. The molecule has 0 bridgehead atoms. The fourth-order valence-corrected chi connectivity index (χ4v) is 5.28. The van der Waals surface area contributed by atoms with Gasteiger partial charge in [-0.3, -0.25) is 4.79 Å². The Labute approximate surface area is 181 Å². The van der Waals surface area contributed by atoms with E-state index in [0.29, 0.717) is 24.9 Å². The molecular formula is C23H26ClNO3S. The highest BCUT2D eigenvalue weighted by Crippen LogP contribution is 2.36. The molecule has 0 saturated carbocycles. The maximum atomic E-state index is 12.9. The van der Waals surface area contributed by atoms with Crippen molar-refractivity contribution in [1.82, 2.24) is 4.90 Å². The van der Waals surface area contributed by atoms with E-state index in [9.17, 15) is 4.79 Å². The van der Waals surface area contributed by atoms with Crippen LogP contribution >= 0.6 is 23.4 Å². The van der Waals surface area contributed by atoms with E-state index >= 15 is 0 Å². The molecule has 1 amide bonds. The van der Waals surface area contributed by atoms with Crippen molar-refractivity contribution >= 4 is 29.3 Å². The van der Waals surface area contributed by atoms with Crippen molar-refractivity contribution in [3.05, 3.63) is 70.7 Å². The maximum absolute atomic E-state index is 12.9. The van der Waals surface area contributed by atoms with E-state index in [1.165, 1.54) is 5.56 Å². The number of amides is 1. The third-order valence-corrected chi connectivity index (χ3v) is 7.12. The van der Waals surface area contributed by atoms with Gasteiger partial charge in [-0.1, -0.05) is 54.1 Å². The van der Waals surface area contributed by atoms with Gasteiger partial charge in [0.15, 0.2) is 6.29 Å². The van der Waals surface area contributed by atoms with E-state index in [0.717, 1.165) is 36.5 Å². The van der Waals surface area contributed by atoms with Crippen molar-refractivity contribution in [2.45, 2.75) is 24.4 Å². The molecule has 2 heterocycles.